The predicted molar refractivity (Wildman–Crippen MR) is 55.3 cm³/mol. The minimum atomic E-state index is -0.739. The van der Waals surface area contributed by atoms with Crippen LogP contribution in [0.15, 0.2) is 16.9 Å². The minimum Gasteiger partial charge on any atom is -0.394 e. The number of aryl methyl sites for hydroxylation is 1. The molecule has 1 atom stereocenters. The molecule has 13 heavy (non-hydrogen) atoms. The molecule has 0 aliphatic rings. The molecule has 0 spiro atoms. The largest absolute Gasteiger partial charge is 0.394 e. The van der Waals surface area contributed by atoms with Crippen LogP contribution < -0.4 is 5.73 Å². The van der Waals surface area contributed by atoms with Crippen LogP contribution in [0.5, 0.6) is 0 Å². The smallest absolute Gasteiger partial charge is 0.111 e. The van der Waals surface area contributed by atoms with Gasteiger partial charge >= 0.3 is 0 Å². The van der Waals surface area contributed by atoms with E-state index in [0.29, 0.717) is 4.60 Å². The summed E-state index contributed by atoms with van der Waals surface area (Å²) in [6.07, 6.45) is 1.70. The van der Waals surface area contributed by atoms with Crippen LogP contribution >= 0.6 is 15.9 Å². The molecule has 1 aromatic rings. The fraction of sp³-hybridized carbons (Fsp3) is 0.444. The number of nitrogens with two attached hydrogens (primary N) is 1. The van der Waals surface area contributed by atoms with Crippen LogP contribution in [0.4, 0.5) is 0 Å². The molecule has 1 rings (SSSR count). The van der Waals surface area contributed by atoms with Gasteiger partial charge in [-0.1, -0.05) is 0 Å². The summed E-state index contributed by atoms with van der Waals surface area (Å²) in [5.74, 6) is 0. The lowest BCUT2D eigenvalue weighted by atomic mass is 9.92. The second-order valence-electron chi connectivity index (χ2n) is 3.37. The first-order valence-electron chi connectivity index (χ1n) is 4.00. The fourth-order valence-corrected chi connectivity index (χ4v) is 2.17. The standard InChI is InChI=1S/C9H13BrN2O/c1-6-3-4-12-8(10)7(6)9(2,11)5-13/h3-4,13H,5,11H2,1-2H3/t9-/m1/s1. The molecule has 0 bridgehead atoms. The van der Waals surface area contributed by atoms with E-state index in [1.54, 1.807) is 13.1 Å². The number of rotatable bonds is 2. The molecule has 0 radical (unpaired) electrons. The summed E-state index contributed by atoms with van der Waals surface area (Å²) >= 11 is 3.32. The first kappa shape index (κ1) is 10.6. The number of hydrogen-bond acceptors (Lipinski definition) is 3. The van der Waals surface area contributed by atoms with Crippen molar-refractivity contribution in [1.29, 1.82) is 0 Å². The first-order valence-corrected chi connectivity index (χ1v) is 4.79. The average molecular weight is 245 g/mol. The van der Waals surface area contributed by atoms with Crippen molar-refractivity contribution in [3.8, 4) is 0 Å². The summed E-state index contributed by atoms with van der Waals surface area (Å²) in [7, 11) is 0. The van der Waals surface area contributed by atoms with Crippen molar-refractivity contribution in [3.05, 3.63) is 28.0 Å². The Morgan fingerprint density at radius 2 is 2.31 bits per heavy atom. The van der Waals surface area contributed by atoms with E-state index in [4.69, 9.17) is 10.8 Å². The number of aliphatic hydroxyl groups is 1. The summed E-state index contributed by atoms with van der Waals surface area (Å²) in [6, 6.07) is 1.88. The van der Waals surface area contributed by atoms with E-state index in [9.17, 15) is 0 Å². The van der Waals surface area contributed by atoms with Crippen molar-refractivity contribution in [2.75, 3.05) is 6.61 Å². The van der Waals surface area contributed by atoms with Gasteiger partial charge in [-0.25, -0.2) is 4.98 Å². The lowest BCUT2D eigenvalue weighted by Crippen LogP contribution is -2.38. The van der Waals surface area contributed by atoms with Crippen LogP contribution in [0.25, 0.3) is 0 Å². The third kappa shape index (κ3) is 2.07. The number of pyridine rings is 1. The van der Waals surface area contributed by atoms with E-state index in [0.717, 1.165) is 11.1 Å². The van der Waals surface area contributed by atoms with Crippen molar-refractivity contribution < 1.29 is 5.11 Å². The molecule has 0 saturated carbocycles. The van der Waals surface area contributed by atoms with E-state index < -0.39 is 5.54 Å². The van der Waals surface area contributed by atoms with Crippen LogP contribution in [0.2, 0.25) is 0 Å². The highest BCUT2D eigenvalue weighted by Gasteiger charge is 2.25. The molecule has 3 N–H and O–H groups in total. The van der Waals surface area contributed by atoms with Crippen molar-refractivity contribution in [1.82, 2.24) is 4.98 Å². The molecule has 72 valence electrons. The first-order chi connectivity index (χ1) is 5.99. The highest BCUT2D eigenvalue weighted by atomic mass is 79.9. The summed E-state index contributed by atoms with van der Waals surface area (Å²) in [5.41, 5.74) is 7.07. The van der Waals surface area contributed by atoms with Gasteiger partial charge in [0.05, 0.1) is 12.1 Å². The zero-order chi connectivity index (χ0) is 10.1. The van der Waals surface area contributed by atoms with Crippen LogP contribution in [-0.2, 0) is 5.54 Å². The number of aliphatic hydroxyl groups excluding tert-OH is 1. The number of nitrogens with zero attached hydrogens (tertiary/aromatic N) is 1. The van der Waals surface area contributed by atoms with E-state index >= 15 is 0 Å². The molecule has 0 aromatic carbocycles. The fourth-order valence-electron chi connectivity index (χ4n) is 1.29. The van der Waals surface area contributed by atoms with Crippen molar-refractivity contribution in [3.63, 3.8) is 0 Å². The maximum atomic E-state index is 9.12. The SMILES string of the molecule is Cc1ccnc(Br)c1[C@](C)(N)CO. The lowest BCUT2D eigenvalue weighted by molar-refractivity contribution is 0.208. The van der Waals surface area contributed by atoms with Crippen molar-refractivity contribution in [2.45, 2.75) is 19.4 Å². The molecule has 0 saturated heterocycles. The van der Waals surface area contributed by atoms with Crippen LogP contribution in [-0.4, -0.2) is 16.7 Å². The quantitative estimate of drug-likeness (QED) is 0.772. The Hall–Kier alpha value is -0.450. The van der Waals surface area contributed by atoms with E-state index in [-0.39, 0.29) is 6.61 Å². The molecule has 0 unspecified atom stereocenters. The summed E-state index contributed by atoms with van der Waals surface area (Å²) in [4.78, 5) is 4.08. The van der Waals surface area contributed by atoms with Crippen LogP contribution in [0, 0.1) is 6.92 Å². The Labute approximate surface area is 86.1 Å². The van der Waals surface area contributed by atoms with Crippen LogP contribution in [0.1, 0.15) is 18.1 Å². The molecule has 0 amide bonds. The summed E-state index contributed by atoms with van der Waals surface area (Å²) in [5, 5.41) is 9.12. The Morgan fingerprint density at radius 1 is 1.69 bits per heavy atom. The number of halogens is 1. The van der Waals surface area contributed by atoms with Gasteiger partial charge in [0.25, 0.3) is 0 Å². The van der Waals surface area contributed by atoms with Crippen molar-refractivity contribution in [2.24, 2.45) is 5.73 Å². The zero-order valence-electron chi connectivity index (χ0n) is 7.71. The second-order valence-corrected chi connectivity index (χ2v) is 4.12. The van der Waals surface area contributed by atoms with Gasteiger partial charge in [0.2, 0.25) is 0 Å². The zero-order valence-corrected chi connectivity index (χ0v) is 9.30. The van der Waals surface area contributed by atoms with Gasteiger partial charge < -0.3 is 10.8 Å². The molecule has 0 fully saturated rings. The maximum Gasteiger partial charge on any atom is 0.111 e. The van der Waals surface area contributed by atoms with Gasteiger partial charge in [-0.2, -0.15) is 0 Å². The highest BCUT2D eigenvalue weighted by Crippen LogP contribution is 2.27. The maximum absolute atomic E-state index is 9.12. The number of hydrogen-bond donors (Lipinski definition) is 2. The van der Waals surface area contributed by atoms with Gasteiger partial charge in [-0.3, -0.25) is 0 Å². The molecule has 4 heteroatoms. The van der Waals surface area contributed by atoms with Gasteiger partial charge in [0.1, 0.15) is 4.60 Å². The summed E-state index contributed by atoms with van der Waals surface area (Å²) in [6.45, 7) is 3.63. The van der Waals surface area contributed by atoms with E-state index in [1.165, 1.54) is 0 Å². The Morgan fingerprint density at radius 3 is 2.77 bits per heavy atom. The van der Waals surface area contributed by atoms with Crippen LogP contribution in [0.3, 0.4) is 0 Å². The topological polar surface area (TPSA) is 59.1 Å². The van der Waals surface area contributed by atoms with E-state index in [1.807, 2.05) is 13.0 Å². The van der Waals surface area contributed by atoms with Gasteiger partial charge in [-0.05, 0) is 41.4 Å². The average Bonchev–Trinajstić information content (AvgIpc) is 2.03. The molecule has 0 aliphatic carbocycles. The van der Waals surface area contributed by atoms with Gasteiger partial charge in [-0.15, -0.1) is 0 Å². The molecular formula is C9H13BrN2O. The third-order valence-corrected chi connectivity index (χ3v) is 2.61. The molecular weight excluding hydrogens is 232 g/mol. The molecule has 1 heterocycles. The highest BCUT2D eigenvalue weighted by molar-refractivity contribution is 9.10. The molecule has 0 aliphatic heterocycles. The molecule has 1 aromatic heterocycles. The summed E-state index contributed by atoms with van der Waals surface area (Å²) < 4.78 is 0.701. The van der Waals surface area contributed by atoms with Gasteiger partial charge in [0.15, 0.2) is 0 Å². The normalized spacial score (nSPS) is 15.5. The monoisotopic (exact) mass is 244 g/mol. The lowest BCUT2D eigenvalue weighted by Gasteiger charge is -2.24. The predicted octanol–water partition coefficient (Wildman–Crippen LogP) is 1.32. The Balaban J connectivity index is 3.28. The van der Waals surface area contributed by atoms with E-state index in [2.05, 4.69) is 20.9 Å². The third-order valence-electron chi connectivity index (χ3n) is 2.01. The Bertz CT molecular complexity index is 292. The second kappa shape index (κ2) is 3.74. The molecule has 3 nitrogen and oxygen atoms in total. The minimum absolute atomic E-state index is 0.0991. The Kier molecular flexibility index (Phi) is 3.05. The van der Waals surface area contributed by atoms with Crippen molar-refractivity contribution >= 4 is 15.9 Å². The van der Waals surface area contributed by atoms with Gasteiger partial charge in [0, 0.05) is 11.8 Å². The number of aromatic nitrogens is 1.